The molecule has 1 saturated heterocycles. The van der Waals surface area contributed by atoms with Gasteiger partial charge in [-0.3, -0.25) is 4.79 Å². The molecule has 7 heteroatoms. The number of nitrogens with one attached hydrogen (secondary N) is 1. The molecule has 4 nitrogen and oxygen atoms in total. The first-order valence-electron chi connectivity index (χ1n) is 7.34. The largest absolute Gasteiger partial charge is 0.416 e. The lowest BCUT2D eigenvalue weighted by atomic mass is 10.0. The number of carbonyl (C=O) groups is 1. The maximum Gasteiger partial charge on any atom is 0.416 e. The fraction of sp³-hybridized carbons (Fsp3) is 0.375. The van der Waals surface area contributed by atoms with Gasteiger partial charge in [0.1, 0.15) is 0 Å². The molecule has 122 valence electrons. The number of alkyl halides is 3. The van der Waals surface area contributed by atoms with E-state index in [0.717, 1.165) is 25.0 Å². The van der Waals surface area contributed by atoms with E-state index in [1.165, 1.54) is 31.4 Å². The molecular weight excluding hydrogens is 309 g/mol. The Hall–Kier alpha value is -2.15. The average Bonchev–Trinajstić information content (AvgIpc) is 3.44. The van der Waals surface area contributed by atoms with E-state index in [2.05, 4.69) is 10.5 Å². The van der Waals surface area contributed by atoms with Gasteiger partial charge >= 0.3 is 6.18 Å². The van der Waals surface area contributed by atoms with Crippen molar-refractivity contribution in [3.8, 4) is 0 Å². The van der Waals surface area contributed by atoms with Crippen molar-refractivity contribution >= 4 is 5.78 Å². The molecule has 0 spiro atoms. The smallest absolute Gasteiger partial charge is 0.360 e. The average molecular weight is 324 g/mol. The van der Waals surface area contributed by atoms with Gasteiger partial charge in [0.15, 0.2) is 11.5 Å². The third-order valence-corrected chi connectivity index (χ3v) is 3.52. The summed E-state index contributed by atoms with van der Waals surface area (Å²) in [7, 11) is 0. The molecule has 0 radical (unpaired) electrons. The van der Waals surface area contributed by atoms with Gasteiger partial charge in [-0.1, -0.05) is 17.3 Å². The van der Waals surface area contributed by atoms with E-state index < -0.39 is 11.7 Å². The second-order valence-electron chi connectivity index (χ2n) is 5.53. The predicted molar refractivity (Wildman–Crippen MR) is 76.2 cm³/mol. The molecule has 0 bridgehead atoms. The minimum absolute atomic E-state index is 0.197. The zero-order valence-corrected chi connectivity index (χ0v) is 12.2. The SMILES string of the molecule is C1CN1.O=C(c1ccc(C(F)(F)F)cc1)c1cnoc1C1CC1. The summed E-state index contributed by atoms with van der Waals surface area (Å²) >= 11 is 0. The number of ketones is 1. The quantitative estimate of drug-likeness (QED) is 0.694. The number of carbonyl (C=O) groups excluding carboxylic acids is 1. The van der Waals surface area contributed by atoms with Gasteiger partial charge in [0, 0.05) is 24.6 Å². The number of rotatable bonds is 3. The molecular formula is C16H15F3N2O2. The Morgan fingerprint density at radius 3 is 2.26 bits per heavy atom. The van der Waals surface area contributed by atoms with Gasteiger partial charge in [-0.15, -0.1) is 0 Å². The summed E-state index contributed by atoms with van der Waals surface area (Å²) in [5.41, 5.74) is -0.239. The summed E-state index contributed by atoms with van der Waals surface area (Å²) in [6.07, 6.45) is -1.18. The van der Waals surface area contributed by atoms with Crippen LogP contribution in [-0.2, 0) is 6.18 Å². The van der Waals surface area contributed by atoms with Crippen molar-refractivity contribution in [3.05, 3.63) is 52.9 Å². The number of halogens is 3. The lowest BCUT2D eigenvalue weighted by Crippen LogP contribution is -2.07. The number of benzene rings is 1. The Bertz CT molecular complexity index is 683. The Balaban J connectivity index is 0.000000468. The minimum atomic E-state index is -4.40. The Morgan fingerprint density at radius 1 is 1.17 bits per heavy atom. The third-order valence-electron chi connectivity index (χ3n) is 3.52. The zero-order valence-electron chi connectivity index (χ0n) is 12.2. The topological polar surface area (TPSA) is 65.0 Å². The standard InChI is InChI=1S/C14H10F3NO2.C2H5N/c15-14(16,17)10-5-3-8(4-6-10)12(19)11-7-18-20-13(11)9-1-2-9;1-2-3-1/h3-7,9H,1-2H2;3H,1-2H2. The van der Waals surface area contributed by atoms with Crippen molar-refractivity contribution in [2.75, 3.05) is 13.1 Å². The van der Waals surface area contributed by atoms with Crippen LogP contribution >= 0.6 is 0 Å². The van der Waals surface area contributed by atoms with E-state index in [-0.39, 0.29) is 17.3 Å². The second-order valence-corrected chi connectivity index (χ2v) is 5.53. The van der Waals surface area contributed by atoms with Crippen molar-refractivity contribution in [1.82, 2.24) is 10.5 Å². The zero-order chi connectivity index (χ0) is 16.4. The van der Waals surface area contributed by atoms with Crippen molar-refractivity contribution < 1.29 is 22.5 Å². The third kappa shape index (κ3) is 3.98. The van der Waals surface area contributed by atoms with E-state index >= 15 is 0 Å². The van der Waals surface area contributed by atoms with Gasteiger partial charge in [0.05, 0.1) is 17.3 Å². The van der Waals surface area contributed by atoms with Crippen molar-refractivity contribution in [2.24, 2.45) is 0 Å². The fourth-order valence-corrected chi connectivity index (χ4v) is 2.03. The van der Waals surface area contributed by atoms with Crippen molar-refractivity contribution in [1.29, 1.82) is 0 Å². The van der Waals surface area contributed by atoms with Gasteiger partial charge < -0.3 is 9.84 Å². The second kappa shape index (κ2) is 6.16. The molecule has 0 unspecified atom stereocenters. The lowest BCUT2D eigenvalue weighted by Gasteiger charge is -2.07. The van der Waals surface area contributed by atoms with Crippen LogP contribution in [0.2, 0.25) is 0 Å². The summed E-state index contributed by atoms with van der Waals surface area (Å²) in [6, 6.07) is 4.15. The molecule has 1 aromatic carbocycles. The monoisotopic (exact) mass is 324 g/mol. The molecule has 23 heavy (non-hydrogen) atoms. The number of hydrogen-bond acceptors (Lipinski definition) is 4. The molecule has 1 aromatic heterocycles. The summed E-state index contributed by atoms with van der Waals surface area (Å²) in [5, 5.41) is 6.61. The molecule has 4 rings (SSSR count). The maximum absolute atomic E-state index is 12.5. The summed E-state index contributed by atoms with van der Waals surface area (Å²) < 4.78 is 42.4. The lowest BCUT2D eigenvalue weighted by molar-refractivity contribution is -0.137. The van der Waals surface area contributed by atoms with Crippen LogP contribution in [0, 0.1) is 0 Å². The first-order chi connectivity index (χ1) is 11.0. The normalized spacial score (nSPS) is 16.5. The van der Waals surface area contributed by atoms with Crippen molar-refractivity contribution in [2.45, 2.75) is 24.9 Å². The van der Waals surface area contributed by atoms with Crippen LogP contribution in [0.5, 0.6) is 0 Å². The number of nitrogens with zero attached hydrogens (tertiary/aromatic N) is 1. The highest BCUT2D eigenvalue weighted by molar-refractivity contribution is 6.09. The van der Waals surface area contributed by atoms with Gasteiger partial charge in [-0.05, 0) is 25.0 Å². The van der Waals surface area contributed by atoms with Gasteiger partial charge in [-0.25, -0.2) is 0 Å². The first kappa shape index (κ1) is 15.7. The van der Waals surface area contributed by atoms with Crippen LogP contribution in [0.3, 0.4) is 0 Å². The number of hydrogen-bond donors (Lipinski definition) is 1. The fourth-order valence-electron chi connectivity index (χ4n) is 2.03. The van der Waals surface area contributed by atoms with Crippen LogP contribution in [0.25, 0.3) is 0 Å². The van der Waals surface area contributed by atoms with Crippen molar-refractivity contribution in [3.63, 3.8) is 0 Å². The molecule has 2 aromatic rings. The van der Waals surface area contributed by atoms with Gasteiger partial charge in [0.25, 0.3) is 0 Å². The van der Waals surface area contributed by atoms with E-state index in [0.29, 0.717) is 11.3 Å². The molecule has 1 saturated carbocycles. The van der Waals surface area contributed by atoms with Crippen LogP contribution in [0.4, 0.5) is 13.2 Å². The summed E-state index contributed by atoms with van der Waals surface area (Å²) in [6.45, 7) is 2.50. The molecule has 0 atom stereocenters. The molecule has 1 aliphatic heterocycles. The number of aromatic nitrogens is 1. The van der Waals surface area contributed by atoms with E-state index in [1.807, 2.05) is 0 Å². The Labute approximate surface area is 130 Å². The molecule has 2 aliphatic rings. The van der Waals surface area contributed by atoms with Crippen LogP contribution in [0.15, 0.2) is 35.0 Å². The van der Waals surface area contributed by atoms with Crippen LogP contribution in [0.1, 0.15) is 46.0 Å². The predicted octanol–water partition coefficient (Wildman–Crippen LogP) is 3.39. The molecule has 1 N–H and O–H groups in total. The summed E-state index contributed by atoms with van der Waals surface area (Å²) in [4.78, 5) is 12.2. The Morgan fingerprint density at radius 2 is 1.78 bits per heavy atom. The highest BCUT2D eigenvalue weighted by Gasteiger charge is 2.33. The molecule has 1 aliphatic carbocycles. The highest BCUT2D eigenvalue weighted by Crippen LogP contribution is 2.42. The van der Waals surface area contributed by atoms with E-state index in [4.69, 9.17) is 4.52 Å². The Kier molecular flexibility index (Phi) is 4.21. The van der Waals surface area contributed by atoms with E-state index in [1.54, 1.807) is 0 Å². The van der Waals surface area contributed by atoms with Crippen LogP contribution < -0.4 is 5.32 Å². The maximum atomic E-state index is 12.5. The molecule has 2 heterocycles. The molecule has 0 amide bonds. The van der Waals surface area contributed by atoms with Gasteiger partial charge in [0.2, 0.25) is 0 Å². The van der Waals surface area contributed by atoms with Crippen LogP contribution in [-0.4, -0.2) is 24.0 Å². The minimum Gasteiger partial charge on any atom is -0.360 e. The summed E-state index contributed by atoms with van der Waals surface area (Å²) in [5.74, 6) is 0.391. The first-order valence-corrected chi connectivity index (χ1v) is 7.34. The molecule has 2 fully saturated rings. The van der Waals surface area contributed by atoms with Gasteiger partial charge in [-0.2, -0.15) is 13.2 Å². The highest BCUT2D eigenvalue weighted by atomic mass is 19.4. The van der Waals surface area contributed by atoms with E-state index in [9.17, 15) is 18.0 Å².